The molecule has 1 aliphatic carbocycles. The molecule has 130 valence electrons. The molecule has 5 nitrogen and oxygen atoms in total. The number of benzene rings is 1. The lowest BCUT2D eigenvalue weighted by molar-refractivity contribution is -0.145. The Morgan fingerprint density at radius 1 is 1.21 bits per heavy atom. The number of likely N-dealkylation sites (tertiary alicyclic amines) is 1. The first-order valence-electron chi connectivity index (χ1n) is 8.82. The van der Waals surface area contributed by atoms with Crippen molar-refractivity contribution < 1.29 is 9.59 Å². The molecular formula is C19H27N3O2. The van der Waals surface area contributed by atoms with Gasteiger partial charge in [-0.3, -0.25) is 14.5 Å². The highest BCUT2D eigenvalue weighted by Crippen LogP contribution is 2.47. The molecule has 1 aromatic carbocycles. The van der Waals surface area contributed by atoms with Gasteiger partial charge in [0.1, 0.15) is 5.41 Å². The fraction of sp³-hybridized carbons (Fsp3) is 0.579. The molecule has 0 aromatic heterocycles. The number of rotatable bonds is 5. The van der Waals surface area contributed by atoms with Gasteiger partial charge in [0, 0.05) is 39.8 Å². The van der Waals surface area contributed by atoms with E-state index in [1.807, 2.05) is 18.0 Å². The number of amides is 2. The summed E-state index contributed by atoms with van der Waals surface area (Å²) in [6, 6.07) is 10.7. The summed E-state index contributed by atoms with van der Waals surface area (Å²) in [5, 5.41) is 2.65. The van der Waals surface area contributed by atoms with Gasteiger partial charge in [-0.05, 0) is 31.2 Å². The van der Waals surface area contributed by atoms with Gasteiger partial charge in [-0.25, -0.2) is 0 Å². The minimum absolute atomic E-state index is 0.00311. The highest BCUT2D eigenvalue weighted by molar-refractivity contribution is 6.07. The van der Waals surface area contributed by atoms with Crippen LogP contribution in [-0.2, 0) is 16.1 Å². The molecule has 2 fully saturated rings. The summed E-state index contributed by atoms with van der Waals surface area (Å²) in [5.41, 5.74) is 0.557. The second kappa shape index (κ2) is 6.93. The maximum atomic E-state index is 12.8. The molecule has 24 heavy (non-hydrogen) atoms. The Bertz CT molecular complexity index is 590. The van der Waals surface area contributed by atoms with E-state index in [1.54, 1.807) is 7.05 Å². The average molecular weight is 329 g/mol. The van der Waals surface area contributed by atoms with E-state index in [4.69, 9.17) is 0 Å². The first-order chi connectivity index (χ1) is 11.6. The van der Waals surface area contributed by atoms with Gasteiger partial charge in [0.25, 0.3) is 0 Å². The average Bonchev–Trinajstić information content (AvgIpc) is 3.43. The first-order valence-corrected chi connectivity index (χ1v) is 8.82. The second-order valence-corrected chi connectivity index (χ2v) is 7.07. The van der Waals surface area contributed by atoms with Crippen molar-refractivity contribution in [2.45, 2.75) is 38.3 Å². The van der Waals surface area contributed by atoms with E-state index in [1.165, 1.54) is 5.56 Å². The molecule has 0 unspecified atom stereocenters. The van der Waals surface area contributed by atoms with E-state index in [2.05, 4.69) is 34.5 Å². The zero-order valence-electron chi connectivity index (χ0n) is 14.6. The summed E-state index contributed by atoms with van der Waals surface area (Å²) in [6.45, 7) is 2.95. The summed E-state index contributed by atoms with van der Waals surface area (Å²) in [4.78, 5) is 29.0. The largest absolute Gasteiger partial charge is 0.358 e. The van der Waals surface area contributed by atoms with Gasteiger partial charge < -0.3 is 10.2 Å². The normalized spacial score (nSPS) is 20.4. The van der Waals surface area contributed by atoms with E-state index in [0.29, 0.717) is 12.8 Å². The van der Waals surface area contributed by atoms with E-state index >= 15 is 0 Å². The van der Waals surface area contributed by atoms with Crippen LogP contribution in [0.3, 0.4) is 0 Å². The van der Waals surface area contributed by atoms with Gasteiger partial charge in [0.15, 0.2) is 0 Å². The van der Waals surface area contributed by atoms with Crippen molar-refractivity contribution in [3.8, 4) is 0 Å². The van der Waals surface area contributed by atoms with Crippen molar-refractivity contribution in [3.05, 3.63) is 35.9 Å². The lowest BCUT2D eigenvalue weighted by atomic mass is 9.98. The van der Waals surface area contributed by atoms with Crippen LogP contribution in [0.2, 0.25) is 0 Å². The minimum Gasteiger partial charge on any atom is -0.358 e. The molecule has 1 aromatic rings. The number of carbonyl (C=O) groups is 2. The fourth-order valence-electron chi connectivity index (χ4n) is 3.71. The summed E-state index contributed by atoms with van der Waals surface area (Å²) >= 11 is 0. The lowest BCUT2D eigenvalue weighted by Gasteiger charge is -2.38. The topological polar surface area (TPSA) is 52.7 Å². The molecule has 0 radical (unpaired) electrons. The van der Waals surface area contributed by atoms with Crippen LogP contribution in [0.15, 0.2) is 30.3 Å². The Balaban J connectivity index is 1.53. The number of nitrogens with one attached hydrogen (secondary N) is 1. The number of nitrogens with zero attached hydrogens (tertiary/aromatic N) is 2. The van der Waals surface area contributed by atoms with Gasteiger partial charge in [-0.2, -0.15) is 0 Å². The highest BCUT2D eigenvalue weighted by Gasteiger charge is 2.57. The SMILES string of the molecule is CNC(=O)C1(C(=O)N(C)C2CCN(Cc3ccccc3)CC2)CC1. The number of hydrogen-bond acceptors (Lipinski definition) is 3. The van der Waals surface area contributed by atoms with Crippen LogP contribution in [0.1, 0.15) is 31.2 Å². The Kier molecular flexibility index (Phi) is 4.90. The zero-order valence-corrected chi connectivity index (χ0v) is 14.6. The van der Waals surface area contributed by atoms with Gasteiger partial charge in [-0.1, -0.05) is 30.3 Å². The smallest absolute Gasteiger partial charge is 0.238 e. The van der Waals surface area contributed by atoms with Gasteiger partial charge in [0.05, 0.1) is 0 Å². The molecule has 0 bridgehead atoms. The third-order valence-electron chi connectivity index (χ3n) is 5.50. The van der Waals surface area contributed by atoms with Crippen molar-refractivity contribution in [2.24, 2.45) is 5.41 Å². The van der Waals surface area contributed by atoms with Crippen molar-refractivity contribution in [3.63, 3.8) is 0 Å². The third-order valence-corrected chi connectivity index (χ3v) is 5.50. The van der Waals surface area contributed by atoms with Gasteiger partial charge in [-0.15, -0.1) is 0 Å². The Morgan fingerprint density at radius 3 is 2.38 bits per heavy atom. The van der Waals surface area contributed by atoms with E-state index in [-0.39, 0.29) is 17.9 Å². The molecule has 1 N–H and O–H groups in total. The monoisotopic (exact) mass is 329 g/mol. The zero-order chi connectivity index (χ0) is 17.2. The predicted molar refractivity (Wildman–Crippen MR) is 93.2 cm³/mol. The summed E-state index contributed by atoms with van der Waals surface area (Å²) in [6.07, 6.45) is 3.31. The van der Waals surface area contributed by atoms with E-state index in [9.17, 15) is 9.59 Å². The van der Waals surface area contributed by atoms with Crippen LogP contribution in [-0.4, -0.2) is 54.8 Å². The van der Waals surface area contributed by atoms with Crippen LogP contribution >= 0.6 is 0 Å². The van der Waals surface area contributed by atoms with Crippen LogP contribution in [0, 0.1) is 5.41 Å². The fourth-order valence-corrected chi connectivity index (χ4v) is 3.71. The Labute approximate surface area is 144 Å². The second-order valence-electron chi connectivity index (χ2n) is 7.07. The summed E-state index contributed by atoms with van der Waals surface area (Å²) in [5.74, 6) is -0.121. The van der Waals surface area contributed by atoms with Crippen LogP contribution in [0.5, 0.6) is 0 Å². The number of piperidine rings is 1. The summed E-state index contributed by atoms with van der Waals surface area (Å²) in [7, 11) is 3.47. The minimum atomic E-state index is -0.773. The lowest BCUT2D eigenvalue weighted by Crippen LogP contribution is -2.50. The Hall–Kier alpha value is -1.88. The van der Waals surface area contributed by atoms with Crippen molar-refractivity contribution >= 4 is 11.8 Å². The molecule has 1 saturated heterocycles. The number of hydrogen-bond donors (Lipinski definition) is 1. The third kappa shape index (κ3) is 3.31. The maximum absolute atomic E-state index is 12.8. The van der Waals surface area contributed by atoms with Gasteiger partial charge in [0.2, 0.25) is 11.8 Å². The summed E-state index contributed by atoms with van der Waals surface area (Å²) < 4.78 is 0. The maximum Gasteiger partial charge on any atom is 0.238 e. The van der Waals surface area contributed by atoms with Crippen molar-refractivity contribution in [2.75, 3.05) is 27.2 Å². The van der Waals surface area contributed by atoms with E-state index in [0.717, 1.165) is 32.5 Å². The highest BCUT2D eigenvalue weighted by atomic mass is 16.2. The molecule has 0 spiro atoms. The standard InChI is InChI=1S/C19H27N3O2/c1-20-17(23)19(10-11-19)18(24)21(2)16-8-12-22(13-9-16)14-15-6-4-3-5-7-15/h3-7,16H,8-14H2,1-2H3,(H,20,23). The quantitative estimate of drug-likeness (QED) is 0.836. The molecule has 2 aliphatic rings. The van der Waals surface area contributed by atoms with Gasteiger partial charge >= 0.3 is 0 Å². The van der Waals surface area contributed by atoms with Crippen molar-refractivity contribution in [1.82, 2.24) is 15.1 Å². The first kappa shape index (κ1) is 17.0. The molecule has 5 heteroatoms. The molecule has 0 atom stereocenters. The van der Waals surface area contributed by atoms with Crippen LogP contribution in [0.25, 0.3) is 0 Å². The molecule has 3 rings (SSSR count). The molecule has 2 amide bonds. The molecule has 1 heterocycles. The van der Waals surface area contributed by atoms with E-state index < -0.39 is 5.41 Å². The Morgan fingerprint density at radius 2 is 1.83 bits per heavy atom. The molecule has 1 aliphatic heterocycles. The molecular weight excluding hydrogens is 302 g/mol. The number of carbonyl (C=O) groups excluding carboxylic acids is 2. The van der Waals surface area contributed by atoms with Crippen molar-refractivity contribution in [1.29, 1.82) is 0 Å². The van der Waals surface area contributed by atoms with Crippen LogP contribution < -0.4 is 5.32 Å². The molecule has 1 saturated carbocycles. The van der Waals surface area contributed by atoms with Crippen LogP contribution in [0.4, 0.5) is 0 Å². The predicted octanol–water partition coefficient (Wildman–Crippen LogP) is 1.64.